The molecular weight excluding hydrogens is 388 g/mol. The molecule has 3 heterocycles. The van der Waals surface area contributed by atoms with E-state index >= 15 is 0 Å². The second kappa shape index (κ2) is 7.50. The maximum absolute atomic E-state index is 13.6. The smallest absolute Gasteiger partial charge is 0.248 e. The van der Waals surface area contributed by atoms with Crippen LogP contribution in [0.1, 0.15) is 57.8 Å². The molecule has 2 N–H and O–H groups in total. The molecular formula is C20H28N6O4. The van der Waals surface area contributed by atoms with Gasteiger partial charge < -0.3 is 19.7 Å². The first-order chi connectivity index (χ1) is 14.2. The molecule has 2 unspecified atom stereocenters. The summed E-state index contributed by atoms with van der Waals surface area (Å²) in [5.74, 6) is 0.616. The summed E-state index contributed by atoms with van der Waals surface area (Å²) in [7, 11) is 1.52. The van der Waals surface area contributed by atoms with Gasteiger partial charge in [-0.05, 0) is 18.3 Å². The number of nitrogens with one attached hydrogen (secondary N) is 1. The van der Waals surface area contributed by atoms with E-state index < -0.39 is 23.6 Å². The van der Waals surface area contributed by atoms with Gasteiger partial charge in [-0.2, -0.15) is 0 Å². The summed E-state index contributed by atoms with van der Waals surface area (Å²) < 4.78 is 7.07. The third kappa shape index (κ3) is 3.71. The van der Waals surface area contributed by atoms with Crippen LogP contribution >= 0.6 is 0 Å². The van der Waals surface area contributed by atoms with Crippen LogP contribution in [0.2, 0.25) is 0 Å². The third-order valence-electron chi connectivity index (χ3n) is 5.73. The van der Waals surface area contributed by atoms with Crippen molar-refractivity contribution in [3.05, 3.63) is 18.4 Å². The monoisotopic (exact) mass is 416 g/mol. The van der Waals surface area contributed by atoms with E-state index in [0.717, 1.165) is 18.6 Å². The first-order valence-corrected chi connectivity index (χ1v) is 10.3. The van der Waals surface area contributed by atoms with Crippen molar-refractivity contribution in [3.63, 3.8) is 0 Å². The molecule has 0 radical (unpaired) electrons. The number of hydrogen-bond acceptors (Lipinski definition) is 7. The average molecular weight is 416 g/mol. The molecule has 4 rings (SSSR count). The van der Waals surface area contributed by atoms with Gasteiger partial charge in [-0.1, -0.05) is 26.0 Å². The summed E-state index contributed by atoms with van der Waals surface area (Å²) >= 11 is 0. The number of amides is 2. The standard InChI is InChI=1S/C20H28N6O4/c1-20(2,3)17(19(29)25-8-12(27)7-14(25)18(28)21-4)26-9-13(23-24-26)15-16(11-5-6-11)30-10-22-15/h9-12,14,17,27H,5-8H2,1-4H3,(H,21,28)/t12?,14?,17-/m1/s1. The Morgan fingerprint density at radius 1 is 1.33 bits per heavy atom. The zero-order valence-corrected chi connectivity index (χ0v) is 17.7. The number of likely N-dealkylation sites (tertiary alicyclic amines) is 1. The van der Waals surface area contributed by atoms with E-state index in [4.69, 9.17) is 4.42 Å². The van der Waals surface area contributed by atoms with Crippen molar-refractivity contribution in [1.29, 1.82) is 0 Å². The molecule has 10 heteroatoms. The van der Waals surface area contributed by atoms with Gasteiger partial charge in [0.1, 0.15) is 29.2 Å². The summed E-state index contributed by atoms with van der Waals surface area (Å²) in [5, 5.41) is 21.2. The molecule has 1 aliphatic heterocycles. The van der Waals surface area contributed by atoms with Crippen molar-refractivity contribution in [1.82, 2.24) is 30.2 Å². The number of oxazole rings is 1. The molecule has 0 aromatic carbocycles. The Morgan fingerprint density at radius 2 is 2.07 bits per heavy atom. The lowest BCUT2D eigenvalue weighted by Gasteiger charge is -2.34. The first-order valence-electron chi connectivity index (χ1n) is 10.3. The molecule has 30 heavy (non-hydrogen) atoms. The first kappa shape index (κ1) is 20.5. The highest BCUT2D eigenvalue weighted by Gasteiger charge is 2.45. The van der Waals surface area contributed by atoms with Crippen LogP contribution in [0.15, 0.2) is 17.0 Å². The number of aliphatic hydroxyl groups excluding tert-OH is 1. The summed E-state index contributed by atoms with van der Waals surface area (Å²) in [4.78, 5) is 31.6. The molecule has 0 bridgehead atoms. The highest BCUT2D eigenvalue weighted by Crippen LogP contribution is 2.44. The van der Waals surface area contributed by atoms with Crippen molar-refractivity contribution in [3.8, 4) is 11.4 Å². The van der Waals surface area contributed by atoms with Gasteiger partial charge in [0.25, 0.3) is 0 Å². The highest BCUT2D eigenvalue weighted by atomic mass is 16.3. The van der Waals surface area contributed by atoms with E-state index in [2.05, 4.69) is 20.6 Å². The Morgan fingerprint density at radius 3 is 2.70 bits per heavy atom. The summed E-state index contributed by atoms with van der Waals surface area (Å²) in [5.41, 5.74) is 0.701. The predicted octanol–water partition coefficient (Wildman–Crippen LogP) is 1.11. The number of β-amino-alcohol motifs (C(OH)–C–C–N with tert-alkyl or cyclic N) is 1. The Hall–Kier alpha value is -2.75. The number of likely N-dealkylation sites (N-methyl/N-ethyl adjacent to an activating group) is 1. The van der Waals surface area contributed by atoms with Crippen molar-refractivity contribution < 1.29 is 19.1 Å². The number of carbonyl (C=O) groups is 2. The summed E-state index contributed by atoms with van der Waals surface area (Å²) in [6.07, 6.45) is 4.73. The fourth-order valence-corrected chi connectivity index (χ4v) is 4.10. The molecule has 2 aromatic rings. The third-order valence-corrected chi connectivity index (χ3v) is 5.73. The Balaban J connectivity index is 1.65. The Labute approximate surface area is 174 Å². The maximum Gasteiger partial charge on any atom is 0.248 e. The average Bonchev–Trinajstić information content (AvgIpc) is 3.07. The highest BCUT2D eigenvalue weighted by molar-refractivity contribution is 5.90. The fraction of sp³-hybridized carbons (Fsp3) is 0.650. The molecule has 0 spiro atoms. The summed E-state index contributed by atoms with van der Waals surface area (Å²) in [6.45, 7) is 5.91. The molecule has 2 fully saturated rings. The van der Waals surface area contributed by atoms with Crippen LogP contribution in [0.25, 0.3) is 11.4 Å². The van der Waals surface area contributed by atoms with Crippen molar-refractivity contribution in [2.75, 3.05) is 13.6 Å². The van der Waals surface area contributed by atoms with Gasteiger partial charge in [0, 0.05) is 25.9 Å². The van der Waals surface area contributed by atoms with Gasteiger partial charge in [-0.15, -0.1) is 5.10 Å². The van der Waals surface area contributed by atoms with Gasteiger partial charge in [-0.25, -0.2) is 9.67 Å². The second-order valence-corrected chi connectivity index (χ2v) is 9.20. The topological polar surface area (TPSA) is 126 Å². The van der Waals surface area contributed by atoms with Gasteiger partial charge in [0.2, 0.25) is 11.8 Å². The van der Waals surface area contributed by atoms with E-state index in [1.165, 1.54) is 23.0 Å². The molecule has 1 saturated heterocycles. The number of carbonyl (C=O) groups excluding carboxylic acids is 2. The summed E-state index contributed by atoms with van der Waals surface area (Å²) in [6, 6.07) is -1.41. The molecule has 2 amide bonds. The quantitative estimate of drug-likeness (QED) is 0.747. The van der Waals surface area contributed by atoms with Crippen LogP contribution in [0.3, 0.4) is 0 Å². The zero-order chi connectivity index (χ0) is 21.6. The minimum atomic E-state index is -0.737. The predicted molar refractivity (Wildman–Crippen MR) is 106 cm³/mol. The lowest BCUT2D eigenvalue weighted by molar-refractivity contribution is -0.144. The zero-order valence-electron chi connectivity index (χ0n) is 17.7. The van der Waals surface area contributed by atoms with Gasteiger partial charge in [0.05, 0.1) is 12.3 Å². The SMILES string of the molecule is CNC(=O)C1CC(O)CN1C(=O)[C@@H](n1cc(-c2ncoc2C2CC2)nn1)C(C)(C)C. The lowest BCUT2D eigenvalue weighted by atomic mass is 9.85. The largest absolute Gasteiger partial charge is 0.447 e. The minimum absolute atomic E-state index is 0.111. The van der Waals surface area contributed by atoms with Crippen LogP contribution in [0.4, 0.5) is 0 Å². The number of nitrogens with zero attached hydrogens (tertiary/aromatic N) is 5. The van der Waals surface area contributed by atoms with E-state index in [1.54, 1.807) is 6.20 Å². The molecule has 3 atom stereocenters. The number of aliphatic hydroxyl groups is 1. The van der Waals surface area contributed by atoms with Crippen LogP contribution in [0.5, 0.6) is 0 Å². The van der Waals surface area contributed by atoms with Gasteiger partial charge >= 0.3 is 0 Å². The number of hydrogen-bond donors (Lipinski definition) is 2. The lowest BCUT2D eigenvalue weighted by Crippen LogP contribution is -2.49. The van der Waals surface area contributed by atoms with E-state index in [1.807, 2.05) is 20.8 Å². The van der Waals surface area contributed by atoms with Crippen LogP contribution in [-0.4, -0.2) is 67.5 Å². The van der Waals surface area contributed by atoms with Crippen molar-refractivity contribution in [2.24, 2.45) is 5.41 Å². The molecule has 1 aliphatic carbocycles. The van der Waals surface area contributed by atoms with Crippen LogP contribution in [-0.2, 0) is 9.59 Å². The van der Waals surface area contributed by atoms with Crippen molar-refractivity contribution >= 4 is 11.8 Å². The molecule has 2 aromatic heterocycles. The Bertz CT molecular complexity index is 941. The molecule has 162 valence electrons. The van der Waals surface area contributed by atoms with E-state index in [-0.39, 0.29) is 24.8 Å². The van der Waals surface area contributed by atoms with Crippen LogP contribution < -0.4 is 5.32 Å². The normalized spacial score (nSPS) is 22.9. The van der Waals surface area contributed by atoms with E-state index in [9.17, 15) is 14.7 Å². The van der Waals surface area contributed by atoms with Crippen molar-refractivity contribution in [2.45, 2.75) is 64.1 Å². The molecule has 10 nitrogen and oxygen atoms in total. The van der Waals surface area contributed by atoms with Gasteiger partial charge in [0.15, 0.2) is 6.39 Å². The van der Waals surface area contributed by atoms with E-state index in [0.29, 0.717) is 17.3 Å². The fourth-order valence-electron chi connectivity index (χ4n) is 4.10. The second-order valence-electron chi connectivity index (χ2n) is 9.20. The van der Waals surface area contributed by atoms with Gasteiger partial charge in [-0.3, -0.25) is 9.59 Å². The maximum atomic E-state index is 13.6. The Kier molecular flexibility index (Phi) is 5.13. The number of rotatable bonds is 5. The number of aromatic nitrogens is 4. The van der Waals surface area contributed by atoms with Crippen LogP contribution in [0, 0.1) is 5.41 Å². The molecule has 1 saturated carbocycles. The molecule has 2 aliphatic rings. The minimum Gasteiger partial charge on any atom is -0.447 e.